The van der Waals surface area contributed by atoms with Crippen molar-refractivity contribution in [1.82, 2.24) is 5.32 Å². The van der Waals surface area contributed by atoms with E-state index in [1.165, 1.54) is 12.8 Å². The van der Waals surface area contributed by atoms with Crippen LogP contribution in [0.15, 0.2) is 0 Å². The van der Waals surface area contributed by atoms with Gasteiger partial charge in [0.15, 0.2) is 0 Å². The van der Waals surface area contributed by atoms with Crippen molar-refractivity contribution in [2.45, 2.75) is 68.2 Å². The minimum atomic E-state index is 0.456. The van der Waals surface area contributed by atoms with Crippen LogP contribution >= 0.6 is 0 Å². The first-order chi connectivity index (χ1) is 7.49. The third kappa shape index (κ3) is 12.2. The zero-order valence-corrected chi connectivity index (χ0v) is 13.5. The van der Waals surface area contributed by atoms with E-state index in [1.54, 1.807) is 0 Å². The maximum Gasteiger partial charge on any atom is -0.00228 e. The standard InChI is InChI=1S/C16H35N/c1-13(9-15(3,4)5)11-17-12-14(2)10-16(6,7)8/h13-14,17H,9-12H2,1-8H3. The highest BCUT2D eigenvalue weighted by atomic mass is 14.9. The topological polar surface area (TPSA) is 12.0 Å². The summed E-state index contributed by atoms with van der Waals surface area (Å²) in [5, 5.41) is 3.63. The lowest BCUT2D eigenvalue weighted by Crippen LogP contribution is -2.29. The molecule has 0 aliphatic rings. The molecule has 0 saturated carbocycles. The summed E-state index contributed by atoms with van der Waals surface area (Å²) in [5.41, 5.74) is 0.913. The molecule has 2 atom stereocenters. The lowest BCUT2D eigenvalue weighted by atomic mass is 9.84. The van der Waals surface area contributed by atoms with E-state index in [-0.39, 0.29) is 0 Å². The number of hydrogen-bond acceptors (Lipinski definition) is 1. The van der Waals surface area contributed by atoms with Crippen LogP contribution in [0.3, 0.4) is 0 Å². The van der Waals surface area contributed by atoms with Crippen molar-refractivity contribution in [2.75, 3.05) is 13.1 Å². The van der Waals surface area contributed by atoms with Gasteiger partial charge >= 0.3 is 0 Å². The lowest BCUT2D eigenvalue weighted by Gasteiger charge is -2.26. The highest BCUT2D eigenvalue weighted by Gasteiger charge is 2.17. The Balaban J connectivity index is 3.70. The number of nitrogens with one attached hydrogen (secondary N) is 1. The maximum absolute atomic E-state index is 3.63. The van der Waals surface area contributed by atoms with E-state index in [4.69, 9.17) is 0 Å². The van der Waals surface area contributed by atoms with E-state index in [0.29, 0.717) is 10.8 Å². The van der Waals surface area contributed by atoms with E-state index < -0.39 is 0 Å². The van der Waals surface area contributed by atoms with Crippen molar-refractivity contribution in [1.29, 1.82) is 0 Å². The van der Waals surface area contributed by atoms with Crippen LogP contribution in [-0.2, 0) is 0 Å². The molecule has 1 nitrogen and oxygen atoms in total. The van der Waals surface area contributed by atoms with E-state index >= 15 is 0 Å². The van der Waals surface area contributed by atoms with E-state index in [2.05, 4.69) is 60.7 Å². The van der Waals surface area contributed by atoms with Crippen LogP contribution in [-0.4, -0.2) is 13.1 Å². The molecule has 0 saturated heterocycles. The van der Waals surface area contributed by atoms with Crippen LogP contribution in [0.25, 0.3) is 0 Å². The summed E-state index contributed by atoms with van der Waals surface area (Å²) in [4.78, 5) is 0. The predicted molar refractivity (Wildman–Crippen MR) is 79.3 cm³/mol. The van der Waals surface area contributed by atoms with Gasteiger partial charge in [-0.15, -0.1) is 0 Å². The SMILES string of the molecule is CC(CNCC(C)CC(C)(C)C)CC(C)(C)C. The Morgan fingerprint density at radius 2 is 1.00 bits per heavy atom. The van der Waals surface area contributed by atoms with Crippen LogP contribution in [0.1, 0.15) is 68.2 Å². The van der Waals surface area contributed by atoms with Gasteiger partial charge in [-0.3, -0.25) is 0 Å². The van der Waals surface area contributed by atoms with Crippen LogP contribution in [0.5, 0.6) is 0 Å². The van der Waals surface area contributed by atoms with Gasteiger partial charge < -0.3 is 5.32 Å². The largest absolute Gasteiger partial charge is 0.316 e. The van der Waals surface area contributed by atoms with Gasteiger partial charge in [-0.05, 0) is 48.6 Å². The van der Waals surface area contributed by atoms with E-state index in [9.17, 15) is 0 Å². The fraction of sp³-hybridized carbons (Fsp3) is 1.00. The lowest BCUT2D eigenvalue weighted by molar-refractivity contribution is 0.277. The van der Waals surface area contributed by atoms with Gasteiger partial charge in [0.25, 0.3) is 0 Å². The summed E-state index contributed by atoms with van der Waals surface area (Å²) >= 11 is 0. The Morgan fingerprint density at radius 3 is 1.24 bits per heavy atom. The zero-order chi connectivity index (χ0) is 13.7. The summed E-state index contributed by atoms with van der Waals surface area (Å²) in [5.74, 6) is 1.55. The number of hydrogen-bond donors (Lipinski definition) is 1. The molecule has 1 heteroatoms. The van der Waals surface area contributed by atoms with Gasteiger partial charge in [-0.1, -0.05) is 55.4 Å². The van der Waals surface area contributed by atoms with Crippen LogP contribution in [0.4, 0.5) is 0 Å². The molecule has 17 heavy (non-hydrogen) atoms. The second-order valence-electron chi connectivity index (χ2n) is 8.40. The molecular formula is C16H35N. The van der Waals surface area contributed by atoms with Crippen molar-refractivity contribution in [3.05, 3.63) is 0 Å². The first-order valence-corrected chi connectivity index (χ1v) is 7.20. The molecule has 2 unspecified atom stereocenters. The Labute approximate surface area is 110 Å². The smallest absolute Gasteiger partial charge is 0.00228 e. The van der Waals surface area contributed by atoms with Crippen molar-refractivity contribution in [3.63, 3.8) is 0 Å². The maximum atomic E-state index is 3.63. The zero-order valence-electron chi connectivity index (χ0n) is 13.5. The molecule has 0 fully saturated rings. The minimum absolute atomic E-state index is 0.456. The second-order valence-corrected chi connectivity index (χ2v) is 8.40. The molecule has 0 bridgehead atoms. The first kappa shape index (κ1) is 17.0. The molecule has 0 aromatic rings. The molecule has 0 amide bonds. The van der Waals surface area contributed by atoms with E-state index in [1.807, 2.05) is 0 Å². The first-order valence-electron chi connectivity index (χ1n) is 7.20. The summed E-state index contributed by atoms with van der Waals surface area (Å²) in [7, 11) is 0. The van der Waals surface area contributed by atoms with E-state index in [0.717, 1.165) is 24.9 Å². The fourth-order valence-electron chi connectivity index (χ4n) is 2.81. The molecule has 104 valence electrons. The van der Waals surface area contributed by atoms with Crippen LogP contribution in [0.2, 0.25) is 0 Å². The van der Waals surface area contributed by atoms with Gasteiger partial charge in [0.1, 0.15) is 0 Å². The Bertz CT molecular complexity index is 173. The monoisotopic (exact) mass is 241 g/mol. The molecule has 1 N–H and O–H groups in total. The van der Waals surface area contributed by atoms with Gasteiger partial charge in [0, 0.05) is 0 Å². The highest BCUT2D eigenvalue weighted by Crippen LogP contribution is 2.25. The Morgan fingerprint density at radius 1 is 0.706 bits per heavy atom. The molecule has 0 spiro atoms. The normalized spacial score (nSPS) is 16.9. The molecule has 0 aliphatic carbocycles. The van der Waals surface area contributed by atoms with Crippen molar-refractivity contribution in [3.8, 4) is 0 Å². The predicted octanol–water partition coefficient (Wildman–Crippen LogP) is 4.72. The summed E-state index contributed by atoms with van der Waals surface area (Å²) in [6.45, 7) is 21.0. The van der Waals surface area contributed by atoms with Gasteiger partial charge in [-0.2, -0.15) is 0 Å². The van der Waals surface area contributed by atoms with Crippen molar-refractivity contribution in [2.24, 2.45) is 22.7 Å². The third-order valence-corrected chi connectivity index (χ3v) is 2.91. The average Bonchev–Trinajstić information content (AvgIpc) is 1.95. The minimum Gasteiger partial charge on any atom is -0.316 e. The molecule has 0 heterocycles. The Hall–Kier alpha value is -0.0400. The molecule has 0 aliphatic heterocycles. The molecular weight excluding hydrogens is 206 g/mol. The van der Waals surface area contributed by atoms with Gasteiger partial charge in [0.05, 0.1) is 0 Å². The van der Waals surface area contributed by atoms with Crippen LogP contribution < -0.4 is 5.32 Å². The summed E-state index contributed by atoms with van der Waals surface area (Å²) < 4.78 is 0. The molecule has 0 aromatic heterocycles. The molecule has 0 aromatic carbocycles. The third-order valence-electron chi connectivity index (χ3n) is 2.91. The highest BCUT2D eigenvalue weighted by molar-refractivity contribution is 4.71. The van der Waals surface area contributed by atoms with Gasteiger partial charge in [-0.25, -0.2) is 0 Å². The number of rotatable bonds is 6. The quantitative estimate of drug-likeness (QED) is 0.709. The van der Waals surface area contributed by atoms with Crippen molar-refractivity contribution < 1.29 is 0 Å². The molecule has 0 rings (SSSR count). The van der Waals surface area contributed by atoms with Crippen LogP contribution in [0, 0.1) is 22.7 Å². The van der Waals surface area contributed by atoms with Crippen molar-refractivity contribution >= 4 is 0 Å². The second kappa shape index (κ2) is 6.78. The average molecular weight is 241 g/mol. The van der Waals surface area contributed by atoms with Gasteiger partial charge in [0.2, 0.25) is 0 Å². The summed E-state index contributed by atoms with van der Waals surface area (Å²) in [6.07, 6.45) is 2.60. The summed E-state index contributed by atoms with van der Waals surface area (Å²) in [6, 6.07) is 0. The fourth-order valence-corrected chi connectivity index (χ4v) is 2.81. The Kier molecular flexibility index (Phi) is 6.76. The molecule has 0 radical (unpaired) electrons.